The van der Waals surface area contributed by atoms with Crippen molar-refractivity contribution in [1.29, 1.82) is 0 Å². The van der Waals surface area contributed by atoms with Crippen LogP contribution in [0.3, 0.4) is 0 Å². The van der Waals surface area contributed by atoms with E-state index in [-0.39, 0.29) is 11.4 Å². The number of para-hydroxylation sites is 1. The first-order valence-corrected chi connectivity index (χ1v) is 8.16. The minimum Gasteiger partial charge on any atom is -0.469 e. The standard InChI is InChI=1S/C17H19NO2S/c1-12-9-13-5-3-4-6-14(13)18-16(12)21-11-17(7-8-17)10-15(19)20-2/h3-6,9H,7-8,10-11H2,1-2H3. The van der Waals surface area contributed by atoms with Crippen molar-refractivity contribution in [2.45, 2.75) is 31.2 Å². The third-order valence-electron chi connectivity index (χ3n) is 4.09. The molecule has 3 rings (SSSR count). The molecule has 1 fully saturated rings. The van der Waals surface area contributed by atoms with Gasteiger partial charge in [-0.05, 0) is 42.9 Å². The number of fused-ring (bicyclic) bond motifs is 1. The molecule has 1 aliphatic carbocycles. The minimum atomic E-state index is -0.101. The van der Waals surface area contributed by atoms with Crippen molar-refractivity contribution in [1.82, 2.24) is 4.98 Å². The first-order valence-electron chi connectivity index (χ1n) is 7.18. The Bertz CT molecular complexity index is 680. The van der Waals surface area contributed by atoms with E-state index in [0.29, 0.717) is 6.42 Å². The van der Waals surface area contributed by atoms with E-state index in [0.717, 1.165) is 29.1 Å². The topological polar surface area (TPSA) is 39.2 Å². The van der Waals surface area contributed by atoms with Crippen LogP contribution in [0, 0.1) is 12.3 Å². The molecular formula is C17H19NO2S. The van der Waals surface area contributed by atoms with Gasteiger partial charge in [-0.1, -0.05) is 18.2 Å². The van der Waals surface area contributed by atoms with Crippen molar-refractivity contribution in [2.75, 3.05) is 12.9 Å². The number of pyridine rings is 1. The number of methoxy groups -OCH3 is 1. The van der Waals surface area contributed by atoms with Crippen molar-refractivity contribution in [3.63, 3.8) is 0 Å². The number of esters is 1. The molecule has 4 heteroatoms. The molecular weight excluding hydrogens is 282 g/mol. The zero-order chi connectivity index (χ0) is 14.9. The van der Waals surface area contributed by atoms with Crippen LogP contribution in [-0.2, 0) is 9.53 Å². The number of aromatic nitrogens is 1. The molecule has 1 heterocycles. The predicted molar refractivity (Wildman–Crippen MR) is 85.5 cm³/mol. The smallest absolute Gasteiger partial charge is 0.306 e. The molecule has 1 aliphatic rings. The summed E-state index contributed by atoms with van der Waals surface area (Å²) in [4.78, 5) is 16.2. The number of aryl methyl sites for hydroxylation is 1. The van der Waals surface area contributed by atoms with Crippen molar-refractivity contribution >= 4 is 28.6 Å². The summed E-state index contributed by atoms with van der Waals surface area (Å²) in [5.74, 6) is 0.838. The SMILES string of the molecule is COC(=O)CC1(CSc2nc3ccccc3cc2C)CC1. The Hall–Kier alpha value is -1.55. The largest absolute Gasteiger partial charge is 0.469 e. The molecule has 2 aromatic rings. The van der Waals surface area contributed by atoms with Crippen molar-refractivity contribution in [2.24, 2.45) is 5.41 Å². The van der Waals surface area contributed by atoms with Gasteiger partial charge in [-0.2, -0.15) is 0 Å². The van der Waals surface area contributed by atoms with Gasteiger partial charge in [0, 0.05) is 11.1 Å². The number of carbonyl (C=O) groups is 1. The van der Waals surface area contributed by atoms with Crippen LogP contribution in [0.1, 0.15) is 24.8 Å². The molecule has 0 radical (unpaired) electrons. The lowest BCUT2D eigenvalue weighted by Gasteiger charge is -2.14. The predicted octanol–water partition coefficient (Wildman–Crippen LogP) is 3.98. The average molecular weight is 301 g/mol. The second-order valence-electron chi connectivity index (χ2n) is 5.84. The van der Waals surface area contributed by atoms with Crippen molar-refractivity contribution in [3.05, 3.63) is 35.9 Å². The molecule has 1 aromatic heterocycles. The molecule has 0 unspecified atom stereocenters. The van der Waals surface area contributed by atoms with Gasteiger partial charge in [0.2, 0.25) is 0 Å². The zero-order valence-corrected chi connectivity index (χ0v) is 13.2. The highest BCUT2D eigenvalue weighted by atomic mass is 32.2. The quantitative estimate of drug-likeness (QED) is 0.618. The van der Waals surface area contributed by atoms with Gasteiger partial charge in [-0.25, -0.2) is 4.98 Å². The number of nitrogens with zero attached hydrogens (tertiary/aromatic N) is 1. The van der Waals surface area contributed by atoms with E-state index in [4.69, 9.17) is 9.72 Å². The molecule has 21 heavy (non-hydrogen) atoms. The zero-order valence-electron chi connectivity index (χ0n) is 12.4. The molecule has 0 N–H and O–H groups in total. The molecule has 0 atom stereocenters. The summed E-state index contributed by atoms with van der Waals surface area (Å²) in [6.07, 6.45) is 2.76. The number of hydrogen-bond acceptors (Lipinski definition) is 4. The summed E-state index contributed by atoms with van der Waals surface area (Å²) in [6, 6.07) is 10.4. The number of ether oxygens (including phenoxy) is 1. The molecule has 0 saturated heterocycles. The van der Waals surface area contributed by atoms with Crippen LogP contribution in [0.2, 0.25) is 0 Å². The highest BCUT2D eigenvalue weighted by Gasteiger charge is 2.44. The first-order chi connectivity index (χ1) is 10.1. The third-order valence-corrected chi connectivity index (χ3v) is 5.53. The fourth-order valence-electron chi connectivity index (χ4n) is 2.50. The Morgan fingerprint density at radius 2 is 2.14 bits per heavy atom. The molecule has 0 bridgehead atoms. The van der Waals surface area contributed by atoms with Gasteiger partial charge in [-0.3, -0.25) is 4.79 Å². The fraction of sp³-hybridized carbons (Fsp3) is 0.412. The minimum absolute atomic E-state index is 0.101. The summed E-state index contributed by atoms with van der Waals surface area (Å²) >= 11 is 1.76. The summed E-state index contributed by atoms with van der Waals surface area (Å²) in [5, 5.41) is 2.25. The van der Waals surface area contributed by atoms with Gasteiger partial charge in [0.1, 0.15) is 0 Å². The normalized spacial score (nSPS) is 15.9. The number of thioether (sulfide) groups is 1. The lowest BCUT2D eigenvalue weighted by atomic mass is 10.1. The average Bonchev–Trinajstić information content (AvgIpc) is 3.25. The van der Waals surface area contributed by atoms with Crippen LogP contribution in [0.5, 0.6) is 0 Å². The molecule has 1 saturated carbocycles. The number of rotatable bonds is 5. The molecule has 0 amide bonds. The van der Waals surface area contributed by atoms with Gasteiger partial charge in [0.25, 0.3) is 0 Å². The first kappa shape index (κ1) is 14.4. The maximum absolute atomic E-state index is 11.5. The Morgan fingerprint density at radius 1 is 1.38 bits per heavy atom. The fourth-order valence-corrected chi connectivity index (χ4v) is 3.78. The molecule has 0 aliphatic heterocycles. The second-order valence-corrected chi connectivity index (χ2v) is 6.81. The summed E-state index contributed by atoms with van der Waals surface area (Å²) < 4.78 is 4.80. The Morgan fingerprint density at radius 3 is 2.86 bits per heavy atom. The second kappa shape index (κ2) is 5.68. The Labute approximate surface area is 129 Å². The number of benzene rings is 1. The maximum Gasteiger partial charge on any atom is 0.306 e. The number of carbonyl (C=O) groups excluding carboxylic acids is 1. The Balaban J connectivity index is 1.73. The van der Waals surface area contributed by atoms with Crippen LogP contribution in [0.4, 0.5) is 0 Å². The van der Waals surface area contributed by atoms with E-state index in [1.54, 1.807) is 11.8 Å². The van der Waals surface area contributed by atoms with Crippen LogP contribution >= 0.6 is 11.8 Å². The maximum atomic E-state index is 11.5. The summed E-state index contributed by atoms with van der Waals surface area (Å²) in [7, 11) is 1.46. The van der Waals surface area contributed by atoms with Crippen LogP contribution in [0.25, 0.3) is 10.9 Å². The highest BCUT2D eigenvalue weighted by molar-refractivity contribution is 7.99. The van der Waals surface area contributed by atoms with Gasteiger partial charge in [0.15, 0.2) is 0 Å². The molecule has 0 spiro atoms. The Kier molecular flexibility index (Phi) is 3.89. The van der Waals surface area contributed by atoms with E-state index in [1.807, 2.05) is 18.2 Å². The monoisotopic (exact) mass is 301 g/mol. The molecule has 110 valence electrons. The van der Waals surface area contributed by atoms with Gasteiger partial charge in [-0.15, -0.1) is 11.8 Å². The molecule has 3 nitrogen and oxygen atoms in total. The van der Waals surface area contributed by atoms with E-state index in [2.05, 4.69) is 19.1 Å². The summed E-state index contributed by atoms with van der Waals surface area (Å²) in [6.45, 7) is 2.10. The third kappa shape index (κ3) is 3.21. The van der Waals surface area contributed by atoms with Crippen molar-refractivity contribution in [3.8, 4) is 0 Å². The summed E-state index contributed by atoms with van der Waals surface area (Å²) in [5.41, 5.74) is 2.37. The van der Waals surface area contributed by atoms with E-state index in [9.17, 15) is 4.79 Å². The molecule has 1 aromatic carbocycles. The lowest BCUT2D eigenvalue weighted by Crippen LogP contribution is -2.13. The van der Waals surface area contributed by atoms with Gasteiger partial charge >= 0.3 is 5.97 Å². The van der Waals surface area contributed by atoms with E-state index >= 15 is 0 Å². The van der Waals surface area contributed by atoms with E-state index in [1.165, 1.54) is 18.1 Å². The van der Waals surface area contributed by atoms with Crippen LogP contribution < -0.4 is 0 Å². The van der Waals surface area contributed by atoms with Crippen molar-refractivity contribution < 1.29 is 9.53 Å². The number of hydrogen-bond donors (Lipinski definition) is 0. The highest BCUT2D eigenvalue weighted by Crippen LogP contribution is 2.52. The van der Waals surface area contributed by atoms with E-state index < -0.39 is 0 Å². The van der Waals surface area contributed by atoms with Gasteiger partial charge < -0.3 is 4.74 Å². The van der Waals surface area contributed by atoms with Gasteiger partial charge in [0.05, 0.1) is 24.1 Å². The lowest BCUT2D eigenvalue weighted by molar-refractivity contribution is -0.141. The van der Waals surface area contributed by atoms with Crippen LogP contribution in [0.15, 0.2) is 35.4 Å². The van der Waals surface area contributed by atoms with Crippen LogP contribution in [-0.4, -0.2) is 23.8 Å².